The molecule has 0 aromatic carbocycles. The molecule has 1 aliphatic heterocycles. The van der Waals surface area contributed by atoms with Crippen LogP contribution in [0.5, 0.6) is 0 Å². The first-order chi connectivity index (χ1) is 15.6. The number of nitrogens with one attached hydrogen (secondary N) is 2. The quantitative estimate of drug-likeness (QED) is 0.178. The first kappa shape index (κ1) is 28.2. The third kappa shape index (κ3) is 5.94. The number of aromatic amines is 1. The molecule has 1 aromatic rings. The van der Waals surface area contributed by atoms with Crippen LogP contribution in [0.3, 0.4) is 0 Å². The predicted octanol–water partition coefficient (Wildman–Crippen LogP) is -0.564. The minimum Gasteiger partial charge on any atom is -0.462 e. The van der Waals surface area contributed by atoms with E-state index in [1.165, 1.54) is 6.92 Å². The van der Waals surface area contributed by atoms with Gasteiger partial charge in [0.05, 0.1) is 17.7 Å². The van der Waals surface area contributed by atoms with Gasteiger partial charge in [-0.15, -0.1) is 4.52 Å². The number of carbonyl (C=O) groups excluding carboxylic acids is 1. The third-order valence-corrected chi connectivity index (χ3v) is 5.63. The first-order valence-electron chi connectivity index (χ1n) is 9.51. The molecule has 1 aromatic heterocycles. The molecule has 4 radical (unpaired) electrons. The molecule has 34 heavy (non-hydrogen) atoms. The maximum Gasteiger partial charge on any atom is 0.612 e. The number of hydrogen-bond acceptors (Lipinski definition) is 8. The second kappa shape index (κ2) is 10.7. The summed E-state index contributed by atoms with van der Waals surface area (Å²) in [6.45, 7) is 4.48. The second-order valence-corrected chi connectivity index (χ2v) is 8.67. The van der Waals surface area contributed by atoms with E-state index in [0.29, 0.717) is 6.20 Å². The maximum absolute atomic E-state index is 15.7. The number of nitrogens with zero attached hydrogens (tertiary/aromatic N) is 1. The minimum absolute atomic E-state index is 0.250. The number of hydrogen-bond donors (Lipinski definition) is 3. The third-order valence-electron chi connectivity index (χ3n) is 4.46. The van der Waals surface area contributed by atoms with Crippen LogP contribution < -0.4 is 16.3 Å². The Morgan fingerprint density at radius 2 is 2.09 bits per heavy atom. The van der Waals surface area contributed by atoms with Crippen molar-refractivity contribution in [1.82, 2.24) is 14.6 Å². The van der Waals surface area contributed by atoms with Crippen molar-refractivity contribution in [3.8, 4) is 11.3 Å². The number of carbonyl (C=O) groups is 1. The Hall–Kier alpha value is -2.07. The van der Waals surface area contributed by atoms with Crippen molar-refractivity contribution in [2.45, 2.75) is 62.4 Å². The first-order valence-corrected chi connectivity index (χ1v) is 11.1. The standard InChI is InChI=1S/C17H17B2ClF2N3O8P/c1-7(2)31-13(28)8(3)24-34(30)33-17(18,19)11-10(26)16(22,4-5-20)14(32-11)25-6-9(21)12(27)23-15(25)29/h6-8,10-11,14,26H,1-3H3,(H-,23,24,27,29,30)/p+1/t8-,10-,11?,14+,16?/m0/s1. The van der Waals surface area contributed by atoms with Crippen molar-refractivity contribution in [3.63, 3.8) is 0 Å². The lowest BCUT2D eigenvalue weighted by Gasteiger charge is -2.29. The summed E-state index contributed by atoms with van der Waals surface area (Å²) >= 11 is 5.27. The van der Waals surface area contributed by atoms with E-state index in [1.807, 2.05) is 0 Å². The van der Waals surface area contributed by atoms with E-state index in [4.69, 9.17) is 41.3 Å². The Kier molecular flexibility index (Phi) is 8.85. The lowest BCUT2D eigenvalue weighted by atomic mass is 9.60. The van der Waals surface area contributed by atoms with Crippen molar-refractivity contribution in [1.29, 1.82) is 0 Å². The van der Waals surface area contributed by atoms with Gasteiger partial charge in [-0.05, 0) is 42.9 Å². The Morgan fingerprint density at radius 1 is 1.47 bits per heavy atom. The van der Waals surface area contributed by atoms with Gasteiger partial charge in [0.25, 0.3) is 5.56 Å². The molecule has 180 valence electrons. The van der Waals surface area contributed by atoms with Gasteiger partial charge in [0.2, 0.25) is 11.5 Å². The van der Waals surface area contributed by atoms with Crippen LogP contribution >= 0.6 is 19.8 Å². The SMILES string of the molecule is [B]C([B])(O[P+](=O)N[C@@H](C)C(=O)OC(C)C)C1O[C@@H](n2cc(F)c(=O)[nH]c2=O)C(F)(C#CCl)[C@H]1O. The van der Waals surface area contributed by atoms with Crippen LogP contribution in [0.25, 0.3) is 0 Å². The molecule has 2 rings (SSSR count). The average molecular weight is 518 g/mol. The van der Waals surface area contributed by atoms with Crippen LogP contribution in [0.2, 0.25) is 0 Å². The molecule has 0 amide bonds. The summed E-state index contributed by atoms with van der Waals surface area (Å²) in [5.74, 6) is -0.481. The molecule has 3 N–H and O–H groups in total. The predicted molar refractivity (Wildman–Crippen MR) is 115 cm³/mol. The number of rotatable bonds is 8. The van der Waals surface area contributed by atoms with E-state index in [2.05, 4.69) is 5.09 Å². The summed E-state index contributed by atoms with van der Waals surface area (Å²) in [7, 11) is 8.49. The van der Waals surface area contributed by atoms with E-state index < -0.39 is 72.9 Å². The Morgan fingerprint density at radius 3 is 2.65 bits per heavy atom. The monoisotopic (exact) mass is 518 g/mol. The molecule has 6 atom stereocenters. The maximum atomic E-state index is 15.7. The number of aromatic nitrogens is 2. The van der Waals surface area contributed by atoms with E-state index in [1.54, 1.807) is 30.1 Å². The van der Waals surface area contributed by atoms with Crippen molar-refractivity contribution in [2.24, 2.45) is 0 Å². The van der Waals surface area contributed by atoms with Gasteiger partial charge in [-0.2, -0.15) is 4.39 Å². The fraction of sp³-hybridized carbons (Fsp3) is 0.588. The number of ether oxygens (including phenoxy) is 2. The molecular formula is C17H18B2ClF2N3O8P+. The van der Waals surface area contributed by atoms with Crippen LogP contribution in [0.4, 0.5) is 8.78 Å². The molecular weight excluding hydrogens is 500 g/mol. The van der Waals surface area contributed by atoms with Crippen molar-refractivity contribution in [2.75, 3.05) is 0 Å². The van der Waals surface area contributed by atoms with Crippen LogP contribution in [-0.2, 0) is 23.4 Å². The second-order valence-electron chi connectivity index (χ2n) is 7.52. The average Bonchev–Trinajstić information content (AvgIpc) is 2.95. The normalized spacial score (nSPS) is 26.0. The zero-order valence-electron chi connectivity index (χ0n) is 18.0. The van der Waals surface area contributed by atoms with Crippen LogP contribution in [0.15, 0.2) is 15.8 Å². The zero-order valence-corrected chi connectivity index (χ0v) is 19.6. The topological polar surface area (TPSA) is 149 Å². The molecule has 0 spiro atoms. The molecule has 0 aliphatic carbocycles. The summed E-state index contributed by atoms with van der Waals surface area (Å²) in [5.41, 5.74) is -5.94. The van der Waals surface area contributed by atoms with Crippen molar-refractivity contribution in [3.05, 3.63) is 32.9 Å². The van der Waals surface area contributed by atoms with Gasteiger partial charge in [0.1, 0.15) is 33.9 Å². The smallest absolute Gasteiger partial charge is 0.462 e. The van der Waals surface area contributed by atoms with Crippen molar-refractivity contribution < 1.29 is 37.2 Å². The number of H-pyrrole nitrogens is 1. The molecule has 1 saturated heterocycles. The summed E-state index contributed by atoms with van der Waals surface area (Å²) in [5, 5.41) is 11.7. The minimum atomic E-state index is -3.22. The van der Waals surface area contributed by atoms with E-state index in [-0.39, 0.29) is 4.57 Å². The molecule has 2 heterocycles. The zero-order chi connectivity index (χ0) is 26.0. The fourth-order valence-corrected chi connectivity index (χ4v) is 3.92. The van der Waals surface area contributed by atoms with E-state index in [0.717, 1.165) is 0 Å². The van der Waals surface area contributed by atoms with Gasteiger partial charge in [-0.1, -0.05) is 5.09 Å². The molecule has 0 saturated carbocycles. The lowest BCUT2D eigenvalue weighted by molar-refractivity contribution is -0.149. The summed E-state index contributed by atoms with van der Waals surface area (Å²) in [4.78, 5) is 36.8. The van der Waals surface area contributed by atoms with E-state index in [9.17, 15) is 28.4 Å². The lowest BCUT2D eigenvalue weighted by Crippen LogP contribution is -2.53. The molecule has 17 heteroatoms. The number of esters is 1. The summed E-state index contributed by atoms with van der Waals surface area (Å²) in [6, 6.07) is -1.14. The number of halogens is 3. The Bertz CT molecular complexity index is 1140. The Labute approximate surface area is 200 Å². The van der Waals surface area contributed by atoms with Crippen LogP contribution in [0.1, 0.15) is 27.0 Å². The molecule has 1 fully saturated rings. The molecule has 0 bridgehead atoms. The number of alkyl halides is 1. The summed E-state index contributed by atoms with van der Waals surface area (Å²) < 4.78 is 57.1. The largest absolute Gasteiger partial charge is 0.612 e. The highest BCUT2D eigenvalue weighted by Gasteiger charge is 2.63. The number of aliphatic hydroxyl groups is 1. The molecule has 1 aliphatic rings. The fourth-order valence-electron chi connectivity index (χ4n) is 2.91. The van der Waals surface area contributed by atoms with Crippen LogP contribution in [0, 0.1) is 17.1 Å². The Balaban J connectivity index is 2.32. The van der Waals surface area contributed by atoms with Gasteiger partial charge in [0, 0.05) is 5.38 Å². The highest BCUT2D eigenvalue weighted by Crippen LogP contribution is 2.45. The van der Waals surface area contributed by atoms with Crippen molar-refractivity contribution >= 4 is 41.4 Å². The highest BCUT2D eigenvalue weighted by atomic mass is 35.5. The van der Waals surface area contributed by atoms with Gasteiger partial charge in [0.15, 0.2) is 6.23 Å². The highest BCUT2D eigenvalue weighted by molar-refractivity contribution is 7.37. The van der Waals surface area contributed by atoms with Gasteiger partial charge in [-0.3, -0.25) is 19.1 Å². The van der Waals surface area contributed by atoms with Gasteiger partial charge >= 0.3 is 19.8 Å². The summed E-state index contributed by atoms with van der Waals surface area (Å²) in [6.07, 6.45) is -6.82. The molecule has 3 unspecified atom stereocenters. The van der Waals surface area contributed by atoms with Crippen LogP contribution in [-0.4, -0.2) is 71.7 Å². The molecule has 11 nitrogen and oxygen atoms in total. The van der Waals surface area contributed by atoms with Gasteiger partial charge in [-0.25, -0.2) is 9.18 Å². The number of aliphatic hydroxyl groups excluding tert-OH is 1. The van der Waals surface area contributed by atoms with E-state index >= 15 is 4.39 Å². The van der Waals surface area contributed by atoms with Gasteiger partial charge < -0.3 is 14.6 Å².